The molecule has 0 aromatic carbocycles. The number of pyridine rings is 4. The number of nitrogens with one attached hydrogen (secondary N) is 3. The molecule has 0 saturated carbocycles. The molecular formula is C25H20FN9. The van der Waals surface area contributed by atoms with Gasteiger partial charge in [-0.3, -0.25) is 15.1 Å². The number of fused-ring (bicyclic) bond motifs is 2. The molecule has 10 heteroatoms. The summed E-state index contributed by atoms with van der Waals surface area (Å²) in [6.45, 7) is 3.51. The van der Waals surface area contributed by atoms with Crippen molar-refractivity contribution in [1.82, 2.24) is 45.4 Å². The second kappa shape index (κ2) is 8.65. The summed E-state index contributed by atoms with van der Waals surface area (Å²) in [5, 5.41) is 10.7. The molecule has 0 radical (unpaired) electrons. The summed E-state index contributed by atoms with van der Waals surface area (Å²) < 4.78 is 15.9. The number of H-pyrrole nitrogens is 2. The minimum Gasteiger partial charge on any atom is -0.321 e. The lowest BCUT2D eigenvalue weighted by atomic mass is 10.1. The zero-order valence-corrected chi connectivity index (χ0v) is 18.7. The van der Waals surface area contributed by atoms with E-state index in [2.05, 4.69) is 40.4 Å². The van der Waals surface area contributed by atoms with Gasteiger partial charge in [0.15, 0.2) is 17.1 Å². The van der Waals surface area contributed by atoms with Gasteiger partial charge in [0.1, 0.15) is 17.0 Å². The normalized spacial score (nSPS) is 11.5. The Hall–Kier alpha value is -4.57. The Morgan fingerprint density at radius 3 is 2.66 bits per heavy atom. The molecule has 0 unspecified atom stereocenters. The second-order valence-electron chi connectivity index (χ2n) is 8.02. The molecule has 6 aromatic heterocycles. The summed E-state index contributed by atoms with van der Waals surface area (Å²) in [6.07, 6.45) is 10.0. The van der Waals surface area contributed by atoms with Gasteiger partial charge in [-0.25, -0.2) is 19.3 Å². The Labute approximate surface area is 198 Å². The molecule has 35 heavy (non-hydrogen) atoms. The van der Waals surface area contributed by atoms with Gasteiger partial charge in [-0.2, -0.15) is 5.10 Å². The van der Waals surface area contributed by atoms with Crippen molar-refractivity contribution in [3.8, 4) is 33.8 Å². The molecule has 0 aliphatic heterocycles. The number of nitrogens with zero attached hydrogens (tertiary/aromatic N) is 6. The highest BCUT2D eigenvalue weighted by molar-refractivity contribution is 5.96. The van der Waals surface area contributed by atoms with Gasteiger partial charge in [-0.05, 0) is 41.9 Å². The number of rotatable bonds is 6. The van der Waals surface area contributed by atoms with Crippen LogP contribution < -0.4 is 5.32 Å². The van der Waals surface area contributed by atoms with Gasteiger partial charge in [0, 0.05) is 60.4 Å². The highest BCUT2D eigenvalue weighted by Gasteiger charge is 2.21. The predicted octanol–water partition coefficient (Wildman–Crippen LogP) is 4.27. The van der Waals surface area contributed by atoms with Gasteiger partial charge in [-0.15, -0.1) is 0 Å². The minimum absolute atomic E-state index is 0.254. The first-order chi connectivity index (χ1) is 17.2. The van der Waals surface area contributed by atoms with Crippen molar-refractivity contribution in [1.29, 1.82) is 0 Å². The van der Waals surface area contributed by atoms with Crippen molar-refractivity contribution in [2.24, 2.45) is 0 Å². The number of imidazole rings is 1. The minimum atomic E-state index is -0.441. The van der Waals surface area contributed by atoms with E-state index in [1.807, 2.05) is 31.2 Å². The highest BCUT2D eigenvalue weighted by atomic mass is 19.1. The largest absolute Gasteiger partial charge is 0.321 e. The van der Waals surface area contributed by atoms with Crippen molar-refractivity contribution in [2.75, 3.05) is 6.54 Å². The summed E-state index contributed by atoms with van der Waals surface area (Å²) >= 11 is 0. The smallest absolute Gasteiger partial charge is 0.161 e. The summed E-state index contributed by atoms with van der Waals surface area (Å²) in [4.78, 5) is 25.1. The standard InChI is InChI=1S/C25H20FN9/c1-2-27-10-14-9-16(12-29-11-14)18-13-31-23-19(20(18)26)22(34-35-23)25-32-21-17(5-8-30-24(21)33-25)15-3-6-28-7-4-15/h3-9,11-13,27H,2,10H2,1H3,(H,30,32,33)(H,31,34,35). The molecule has 0 aliphatic rings. The molecule has 0 aliphatic carbocycles. The lowest BCUT2D eigenvalue weighted by Gasteiger charge is -2.07. The molecule has 6 aromatic rings. The fraction of sp³-hybridized carbons (Fsp3) is 0.120. The molecule has 6 rings (SSSR count). The topological polar surface area (TPSA) is 121 Å². The van der Waals surface area contributed by atoms with E-state index >= 15 is 4.39 Å². The van der Waals surface area contributed by atoms with Crippen LogP contribution in [-0.4, -0.2) is 46.6 Å². The maximum Gasteiger partial charge on any atom is 0.161 e. The first-order valence-electron chi connectivity index (χ1n) is 11.2. The molecule has 0 bridgehead atoms. The lowest BCUT2D eigenvalue weighted by molar-refractivity contribution is 0.642. The van der Waals surface area contributed by atoms with Crippen LogP contribution in [0.4, 0.5) is 4.39 Å². The SMILES string of the molecule is CCNCc1cncc(-c2cnc3[nH]nc(-c4nc5c(-c6ccncc6)ccnc5[nH]4)c3c2F)c1. The van der Waals surface area contributed by atoms with E-state index < -0.39 is 5.82 Å². The van der Waals surface area contributed by atoms with E-state index in [0.29, 0.717) is 46.0 Å². The average Bonchev–Trinajstić information content (AvgIpc) is 3.53. The Bertz CT molecular complexity index is 1660. The average molecular weight is 465 g/mol. The fourth-order valence-corrected chi connectivity index (χ4v) is 4.12. The van der Waals surface area contributed by atoms with Crippen molar-refractivity contribution in [2.45, 2.75) is 13.5 Å². The molecule has 6 heterocycles. The molecule has 9 nitrogen and oxygen atoms in total. The van der Waals surface area contributed by atoms with Gasteiger partial charge in [0.2, 0.25) is 0 Å². The maximum atomic E-state index is 15.9. The molecule has 0 fully saturated rings. The third kappa shape index (κ3) is 3.69. The quantitative estimate of drug-likeness (QED) is 0.336. The first-order valence-corrected chi connectivity index (χ1v) is 11.2. The van der Waals surface area contributed by atoms with Gasteiger partial charge in [0.05, 0.1) is 5.39 Å². The highest BCUT2D eigenvalue weighted by Crippen LogP contribution is 2.34. The van der Waals surface area contributed by atoms with Crippen molar-refractivity contribution in [3.63, 3.8) is 0 Å². The number of hydrogen-bond acceptors (Lipinski definition) is 7. The van der Waals surface area contributed by atoms with E-state index in [4.69, 9.17) is 4.98 Å². The van der Waals surface area contributed by atoms with Crippen LogP contribution in [0.2, 0.25) is 0 Å². The maximum absolute atomic E-state index is 15.9. The van der Waals surface area contributed by atoms with E-state index in [9.17, 15) is 0 Å². The van der Waals surface area contributed by atoms with Gasteiger partial charge in [0.25, 0.3) is 0 Å². The Balaban J connectivity index is 1.48. The third-order valence-electron chi connectivity index (χ3n) is 5.81. The molecule has 3 N–H and O–H groups in total. The van der Waals surface area contributed by atoms with Crippen LogP contribution in [0.5, 0.6) is 0 Å². The van der Waals surface area contributed by atoms with Gasteiger partial charge >= 0.3 is 0 Å². The van der Waals surface area contributed by atoms with E-state index in [-0.39, 0.29) is 5.39 Å². The predicted molar refractivity (Wildman–Crippen MR) is 131 cm³/mol. The Kier molecular flexibility index (Phi) is 5.19. The monoisotopic (exact) mass is 465 g/mol. The molecule has 172 valence electrons. The fourth-order valence-electron chi connectivity index (χ4n) is 4.12. The molecular weight excluding hydrogens is 445 g/mol. The molecule has 0 saturated heterocycles. The summed E-state index contributed by atoms with van der Waals surface area (Å²) in [7, 11) is 0. The third-order valence-corrected chi connectivity index (χ3v) is 5.81. The number of halogens is 1. The number of aromatic nitrogens is 8. The summed E-state index contributed by atoms with van der Waals surface area (Å²) in [6, 6.07) is 7.61. The van der Waals surface area contributed by atoms with Crippen LogP contribution in [0.1, 0.15) is 12.5 Å². The van der Waals surface area contributed by atoms with Crippen LogP contribution in [0.15, 0.2) is 61.4 Å². The van der Waals surface area contributed by atoms with Gasteiger partial charge < -0.3 is 10.3 Å². The molecule has 0 amide bonds. The van der Waals surface area contributed by atoms with Crippen molar-refractivity contribution < 1.29 is 4.39 Å². The Morgan fingerprint density at radius 2 is 1.80 bits per heavy atom. The van der Waals surface area contributed by atoms with E-state index in [0.717, 1.165) is 23.2 Å². The number of aromatic amines is 2. The molecule has 0 atom stereocenters. The van der Waals surface area contributed by atoms with E-state index in [1.54, 1.807) is 31.0 Å². The van der Waals surface area contributed by atoms with E-state index in [1.165, 1.54) is 6.20 Å². The van der Waals surface area contributed by atoms with Gasteiger partial charge in [-0.1, -0.05) is 6.92 Å². The van der Waals surface area contributed by atoms with Crippen LogP contribution in [-0.2, 0) is 6.54 Å². The lowest BCUT2D eigenvalue weighted by Crippen LogP contribution is -2.11. The summed E-state index contributed by atoms with van der Waals surface area (Å²) in [5.74, 6) is -0.0407. The van der Waals surface area contributed by atoms with Crippen LogP contribution >= 0.6 is 0 Å². The summed E-state index contributed by atoms with van der Waals surface area (Å²) in [5.41, 5.74) is 5.71. The zero-order chi connectivity index (χ0) is 23.8. The first kappa shape index (κ1) is 21.0. The molecule has 0 spiro atoms. The van der Waals surface area contributed by atoms with Crippen LogP contribution in [0.25, 0.3) is 56.0 Å². The van der Waals surface area contributed by atoms with Crippen molar-refractivity contribution in [3.05, 3.63) is 72.8 Å². The number of hydrogen-bond donors (Lipinski definition) is 3. The van der Waals surface area contributed by atoms with Crippen LogP contribution in [0, 0.1) is 5.82 Å². The zero-order valence-electron chi connectivity index (χ0n) is 18.7. The van der Waals surface area contributed by atoms with Crippen LogP contribution in [0.3, 0.4) is 0 Å². The Morgan fingerprint density at radius 1 is 0.914 bits per heavy atom. The second-order valence-corrected chi connectivity index (χ2v) is 8.02. The van der Waals surface area contributed by atoms with Crippen molar-refractivity contribution >= 4 is 22.2 Å².